The lowest BCUT2D eigenvalue weighted by atomic mass is 10.2. The van der Waals surface area contributed by atoms with Gasteiger partial charge in [-0.2, -0.15) is 18.3 Å². The zero-order chi connectivity index (χ0) is 18.2. The number of carbonyl (C=O) groups excluding carboxylic acids is 1. The van der Waals surface area contributed by atoms with E-state index in [1.54, 1.807) is 6.07 Å². The highest BCUT2D eigenvalue weighted by molar-refractivity contribution is 6.03. The predicted molar refractivity (Wildman–Crippen MR) is 84.0 cm³/mol. The van der Waals surface area contributed by atoms with Crippen molar-refractivity contribution in [1.82, 2.24) is 9.78 Å². The van der Waals surface area contributed by atoms with Gasteiger partial charge in [-0.05, 0) is 31.0 Å². The lowest BCUT2D eigenvalue weighted by Crippen LogP contribution is -2.19. The third kappa shape index (κ3) is 3.59. The standard InChI is InChI=1S/C16H16F4N4O/c1-23-13(9-14(22-23)16(18,19)20)15(25)21-10-4-5-12(11(17)8-10)24-6-2-3-7-24/h4-5,8-9H,2-3,6-7H2,1H3,(H,21,25). The summed E-state index contributed by atoms with van der Waals surface area (Å²) in [7, 11) is 1.24. The SMILES string of the molecule is Cn1nc(C(F)(F)F)cc1C(=O)Nc1ccc(N2CCCC2)c(F)c1. The first kappa shape index (κ1) is 17.2. The molecule has 25 heavy (non-hydrogen) atoms. The highest BCUT2D eigenvalue weighted by Crippen LogP contribution is 2.29. The number of aryl methyl sites for hydroxylation is 1. The molecule has 1 fully saturated rings. The number of hydrogen-bond donors (Lipinski definition) is 1. The molecule has 0 unspecified atom stereocenters. The highest BCUT2D eigenvalue weighted by Gasteiger charge is 2.35. The van der Waals surface area contributed by atoms with Gasteiger partial charge >= 0.3 is 6.18 Å². The average Bonchev–Trinajstić information content (AvgIpc) is 3.16. The Morgan fingerprint density at radius 2 is 1.88 bits per heavy atom. The van der Waals surface area contributed by atoms with Crippen LogP contribution in [-0.2, 0) is 13.2 Å². The number of nitrogens with zero attached hydrogens (tertiary/aromatic N) is 3. The van der Waals surface area contributed by atoms with Crippen LogP contribution in [0, 0.1) is 5.82 Å². The topological polar surface area (TPSA) is 50.2 Å². The number of hydrogen-bond acceptors (Lipinski definition) is 3. The van der Waals surface area contributed by atoms with Crippen LogP contribution in [0.5, 0.6) is 0 Å². The van der Waals surface area contributed by atoms with Crippen LogP contribution >= 0.6 is 0 Å². The summed E-state index contributed by atoms with van der Waals surface area (Å²) >= 11 is 0. The van der Waals surface area contributed by atoms with Crippen LogP contribution in [0.1, 0.15) is 29.0 Å². The van der Waals surface area contributed by atoms with Gasteiger partial charge in [-0.25, -0.2) is 4.39 Å². The Bertz CT molecular complexity index is 794. The number of benzene rings is 1. The zero-order valence-corrected chi connectivity index (χ0v) is 13.4. The minimum Gasteiger partial charge on any atom is -0.369 e. The molecule has 3 rings (SSSR count). The number of amides is 1. The Kier molecular flexibility index (Phi) is 4.40. The van der Waals surface area contributed by atoms with Gasteiger partial charge in [0.1, 0.15) is 11.5 Å². The van der Waals surface area contributed by atoms with Crippen LogP contribution in [0.4, 0.5) is 28.9 Å². The third-order valence-electron chi connectivity index (χ3n) is 4.06. The second kappa shape index (κ2) is 6.38. The monoisotopic (exact) mass is 356 g/mol. The molecular formula is C16H16F4N4O. The largest absolute Gasteiger partial charge is 0.435 e. The van der Waals surface area contributed by atoms with Crippen LogP contribution in [0.2, 0.25) is 0 Å². The number of rotatable bonds is 3. The van der Waals surface area contributed by atoms with Gasteiger partial charge in [0, 0.05) is 31.9 Å². The minimum absolute atomic E-state index is 0.167. The first-order chi connectivity index (χ1) is 11.8. The second-order valence-corrected chi connectivity index (χ2v) is 5.85. The maximum Gasteiger partial charge on any atom is 0.435 e. The average molecular weight is 356 g/mol. The van der Waals surface area contributed by atoms with E-state index in [1.807, 2.05) is 4.90 Å². The maximum absolute atomic E-state index is 14.2. The van der Waals surface area contributed by atoms with Gasteiger partial charge in [-0.1, -0.05) is 0 Å². The normalized spacial score (nSPS) is 14.8. The maximum atomic E-state index is 14.2. The molecule has 0 radical (unpaired) electrons. The minimum atomic E-state index is -4.64. The fourth-order valence-corrected chi connectivity index (χ4v) is 2.81. The van der Waals surface area contributed by atoms with E-state index in [0.29, 0.717) is 11.8 Å². The zero-order valence-electron chi connectivity index (χ0n) is 13.4. The number of anilines is 2. The van der Waals surface area contributed by atoms with Gasteiger partial charge in [0.15, 0.2) is 5.69 Å². The first-order valence-corrected chi connectivity index (χ1v) is 7.73. The van der Waals surface area contributed by atoms with Crippen LogP contribution in [0.15, 0.2) is 24.3 Å². The Hall–Kier alpha value is -2.58. The quantitative estimate of drug-likeness (QED) is 0.858. The van der Waals surface area contributed by atoms with Crippen molar-refractivity contribution in [2.45, 2.75) is 19.0 Å². The van der Waals surface area contributed by atoms with E-state index in [0.717, 1.165) is 36.7 Å². The number of carbonyl (C=O) groups is 1. The van der Waals surface area contributed by atoms with Gasteiger partial charge in [-0.15, -0.1) is 0 Å². The lowest BCUT2D eigenvalue weighted by Gasteiger charge is -2.18. The van der Waals surface area contributed by atoms with Gasteiger partial charge < -0.3 is 10.2 Å². The van der Waals surface area contributed by atoms with Crippen LogP contribution in [0.3, 0.4) is 0 Å². The van der Waals surface area contributed by atoms with Crippen molar-refractivity contribution < 1.29 is 22.4 Å². The summed E-state index contributed by atoms with van der Waals surface area (Å²) in [6, 6.07) is 4.90. The summed E-state index contributed by atoms with van der Waals surface area (Å²) in [6.45, 7) is 1.55. The van der Waals surface area contributed by atoms with Crippen molar-refractivity contribution in [3.05, 3.63) is 41.5 Å². The molecule has 1 aliphatic heterocycles. The number of alkyl halides is 3. The molecule has 0 aliphatic carbocycles. The van der Waals surface area contributed by atoms with Gasteiger partial charge in [-0.3, -0.25) is 9.48 Å². The number of nitrogens with one attached hydrogen (secondary N) is 1. The summed E-state index contributed by atoms with van der Waals surface area (Å²) in [5.41, 5.74) is -0.803. The van der Waals surface area contributed by atoms with Crippen LogP contribution < -0.4 is 10.2 Å². The Morgan fingerprint density at radius 3 is 2.44 bits per heavy atom. The fraction of sp³-hybridized carbons (Fsp3) is 0.375. The van der Waals surface area contributed by atoms with Gasteiger partial charge in [0.05, 0.1) is 5.69 Å². The fourth-order valence-electron chi connectivity index (χ4n) is 2.81. The summed E-state index contributed by atoms with van der Waals surface area (Å²) in [5, 5.41) is 5.68. The van der Waals surface area contributed by atoms with Crippen molar-refractivity contribution in [2.75, 3.05) is 23.3 Å². The lowest BCUT2D eigenvalue weighted by molar-refractivity contribution is -0.141. The van der Waals surface area contributed by atoms with Crippen LogP contribution in [-0.4, -0.2) is 28.8 Å². The molecule has 1 aromatic heterocycles. The molecule has 1 N–H and O–H groups in total. The van der Waals surface area contributed by atoms with E-state index in [1.165, 1.54) is 13.1 Å². The molecule has 2 aromatic rings. The Labute approximate surface area is 141 Å². The van der Waals surface area contributed by atoms with Crippen molar-refractivity contribution in [3.63, 3.8) is 0 Å². The first-order valence-electron chi connectivity index (χ1n) is 7.73. The molecule has 0 bridgehead atoms. The molecule has 1 amide bonds. The highest BCUT2D eigenvalue weighted by atomic mass is 19.4. The van der Waals surface area contributed by atoms with Gasteiger partial charge in [0.2, 0.25) is 0 Å². The van der Waals surface area contributed by atoms with Gasteiger partial charge in [0.25, 0.3) is 5.91 Å². The Morgan fingerprint density at radius 1 is 1.20 bits per heavy atom. The van der Waals surface area contributed by atoms with E-state index in [-0.39, 0.29) is 11.4 Å². The molecule has 134 valence electrons. The van der Waals surface area contributed by atoms with E-state index in [9.17, 15) is 22.4 Å². The van der Waals surface area contributed by atoms with Crippen molar-refractivity contribution in [3.8, 4) is 0 Å². The molecule has 5 nitrogen and oxygen atoms in total. The summed E-state index contributed by atoms with van der Waals surface area (Å²) in [6.07, 6.45) is -2.64. The third-order valence-corrected chi connectivity index (χ3v) is 4.06. The van der Waals surface area contributed by atoms with Crippen molar-refractivity contribution in [1.29, 1.82) is 0 Å². The van der Waals surface area contributed by atoms with Crippen LogP contribution in [0.25, 0.3) is 0 Å². The molecule has 0 spiro atoms. The molecule has 0 saturated carbocycles. The summed E-state index contributed by atoms with van der Waals surface area (Å²) in [4.78, 5) is 14.1. The molecule has 2 heterocycles. The molecule has 0 atom stereocenters. The van der Waals surface area contributed by atoms with Crippen molar-refractivity contribution in [2.24, 2.45) is 7.05 Å². The smallest absolute Gasteiger partial charge is 0.369 e. The van der Waals surface area contributed by atoms with E-state index >= 15 is 0 Å². The van der Waals surface area contributed by atoms with Crippen molar-refractivity contribution >= 4 is 17.3 Å². The van der Waals surface area contributed by atoms with E-state index < -0.39 is 23.6 Å². The Balaban J connectivity index is 1.77. The summed E-state index contributed by atoms with van der Waals surface area (Å²) < 4.78 is 53.0. The molecule has 1 saturated heterocycles. The second-order valence-electron chi connectivity index (χ2n) is 5.85. The number of aromatic nitrogens is 2. The summed E-state index contributed by atoms with van der Waals surface area (Å²) in [5.74, 6) is -1.28. The van der Waals surface area contributed by atoms with E-state index in [4.69, 9.17) is 0 Å². The molecule has 1 aliphatic rings. The number of halogens is 4. The predicted octanol–water partition coefficient (Wildman–Crippen LogP) is 3.43. The molecule has 1 aromatic carbocycles. The molecule has 9 heteroatoms. The van der Waals surface area contributed by atoms with E-state index in [2.05, 4.69) is 10.4 Å². The molecular weight excluding hydrogens is 340 g/mol.